The molecule has 0 N–H and O–H groups in total. The van der Waals surface area contributed by atoms with Gasteiger partial charge in [0.1, 0.15) is 11.3 Å². The van der Waals surface area contributed by atoms with E-state index in [0.29, 0.717) is 0 Å². The molecular formula is C28H24N2OS2. The third-order valence-corrected chi connectivity index (χ3v) is 7.42. The molecule has 33 heavy (non-hydrogen) atoms. The maximum atomic E-state index is 6.24. The van der Waals surface area contributed by atoms with Crippen molar-refractivity contribution in [2.24, 2.45) is 4.99 Å². The average Bonchev–Trinajstić information content (AvgIpc) is 3.20. The molecule has 0 fully saturated rings. The molecule has 0 saturated heterocycles. The highest BCUT2D eigenvalue weighted by Gasteiger charge is 2.12. The lowest BCUT2D eigenvalue weighted by Crippen LogP contribution is -2.02. The molecule has 2 heterocycles. The van der Waals surface area contributed by atoms with Gasteiger partial charge in [0.15, 0.2) is 0 Å². The Morgan fingerprint density at radius 3 is 2.36 bits per heavy atom. The Morgan fingerprint density at radius 1 is 0.848 bits per heavy atom. The summed E-state index contributed by atoms with van der Waals surface area (Å²) in [5.74, 6) is 0.794. The fourth-order valence-corrected chi connectivity index (χ4v) is 5.02. The van der Waals surface area contributed by atoms with Crippen molar-refractivity contribution in [1.82, 2.24) is 4.98 Å². The summed E-state index contributed by atoms with van der Waals surface area (Å²) in [6.45, 7) is 6.38. The summed E-state index contributed by atoms with van der Waals surface area (Å²) in [6.07, 6.45) is 2.08. The number of nitrogens with zero attached hydrogens (tertiary/aromatic N) is 2. The number of aromatic nitrogens is 1. The topological polar surface area (TPSA) is 38.4 Å². The fourth-order valence-electron chi connectivity index (χ4n) is 3.80. The van der Waals surface area contributed by atoms with E-state index in [-0.39, 0.29) is 0 Å². The lowest BCUT2D eigenvalue weighted by Gasteiger charge is -2.05. The predicted octanol–water partition coefficient (Wildman–Crippen LogP) is 8.10. The Balaban J connectivity index is 1.64. The van der Waals surface area contributed by atoms with Crippen LogP contribution in [-0.4, -0.2) is 11.2 Å². The first-order valence-corrected chi connectivity index (χ1v) is 12.8. The molecular weight excluding hydrogens is 444 g/mol. The monoisotopic (exact) mass is 468 g/mol. The van der Waals surface area contributed by atoms with Gasteiger partial charge in [0.2, 0.25) is 5.13 Å². The number of rotatable bonds is 4. The molecule has 0 atom stereocenters. The van der Waals surface area contributed by atoms with Gasteiger partial charge in [-0.2, -0.15) is 0 Å². The molecule has 3 aromatic carbocycles. The highest BCUT2D eigenvalue weighted by Crippen LogP contribution is 2.33. The molecule has 0 aliphatic carbocycles. The van der Waals surface area contributed by atoms with Crippen LogP contribution in [-0.2, 0) is 0 Å². The first-order chi connectivity index (χ1) is 16.0. The minimum absolute atomic E-state index is 0.751. The number of fused-ring (bicyclic) bond motifs is 1. The molecule has 164 valence electrons. The van der Waals surface area contributed by atoms with Crippen LogP contribution in [0.1, 0.15) is 16.0 Å². The van der Waals surface area contributed by atoms with Crippen molar-refractivity contribution in [2.45, 2.75) is 25.7 Å². The van der Waals surface area contributed by atoms with Gasteiger partial charge in [0, 0.05) is 32.4 Å². The molecule has 0 radical (unpaired) electrons. The van der Waals surface area contributed by atoms with Gasteiger partial charge in [0.05, 0.1) is 11.1 Å². The summed E-state index contributed by atoms with van der Waals surface area (Å²) in [5, 5.41) is 2.59. The van der Waals surface area contributed by atoms with Crippen molar-refractivity contribution in [1.29, 1.82) is 0 Å². The highest BCUT2D eigenvalue weighted by molar-refractivity contribution is 7.98. The van der Waals surface area contributed by atoms with Crippen LogP contribution in [0.3, 0.4) is 0 Å². The first kappa shape index (κ1) is 21.7. The molecule has 0 spiro atoms. The van der Waals surface area contributed by atoms with Gasteiger partial charge in [-0.25, -0.2) is 9.98 Å². The molecule has 2 aromatic heterocycles. The van der Waals surface area contributed by atoms with Crippen LogP contribution >= 0.6 is 23.1 Å². The number of benzene rings is 3. The molecule has 0 aliphatic rings. The maximum absolute atomic E-state index is 6.24. The molecule has 5 heteroatoms. The van der Waals surface area contributed by atoms with E-state index in [9.17, 15) is 0 Å². The van der Waals surface area contributed by atoms with Crippen molar-refractivity contribution < 1.29 is 4.42 Å². The summed E-state index contributed by atoms with van der Waals surface area (Å²) in [4.78, 5) is 12.3. The number of hydrogen-bond donors (Lipinski definition) is 0. The first-order valence-electron chi connectivity index (χ1n) is 10.8. The third kappa shape index (κ3) is 4.39. The second-order valence-electron chi connectivity index (χ2n) is 8.03. The van der Waals surface area contributed by atoms with E-state index in [2.05, 4.69) is 69.5 Å². The van der Waals surface area contributed by atoms with Crippen molar-refractivity contribution >= 4 is 39.2 Å². The lowest BCUT2D eigenvalue weighted by molar-refractivity contribution is 0.618. The van der Waals surface area contributed by atoms with Crippen LogP contribution in [0.25, 0.3) is 33.6 Å². The lowest BCUT2D eigenvalue weighted by atomic mass is 10.0. The normalized spacial score (nSPS) is 11.9. The van der Waals surface area contributed by atoms with Gasteiger partial charge < -0.3 is 4.42 Å². The second kappa shape index (κ2) is 9.00. The fraction of sp³-hybridized carbons (Fsp3) is 0.143. The number of aryl methyl sites for hydroxylation is 3. The van der Waals surface area contributed by atoms with E-state index in [1.165, 1.54) is 16.0 Å². The van der Waals surface area contributed by atoms with Crippen LogP contribution in [0.15, 0.2) is 87.1 Å². The molecule has 5 aromatic rings. The van der Waals surface area contributed by atoms with Crippen LogP contribution in [0.4, 0.5) is 5.13 Å². The van der Waals surface area contributed by atoms with E-state index in [1.54, 1.807) is 23.1 Å². The molecule has 0 saturated carbocycles. The zero-order valence-electron chi connectivity index (χ0n) is 19.0. The van der Waals surface area contributed by atoms with Gasteiger partial charge in [-0.05, 0) is 68.5 Å². The third-order valence-electron chi connectivity index (χ3n) is 5.81. The quantitative estimate of drug-likeness (QED) is 0.250. The van der Waals surface area contributed by atoms with E-state index >= 15 is 0 Å². The van der Waals surface area contributed by atoms with E-state index in [1.807, 2.05) is 30.3 Å². The Hall–Kier alpha value is -3.15. The SMILES string of the molecule is CSc1ccc(-c2c/c(=N\c3nc(-c4ccc(C)c(C)c4)c(C)s3)c3ccccc3o2)cc1. The van der Waals surface area contributed by atoms with E-state index in [0.717, 1.165) is 48.9 Å². The van der Waals surface area contributed by atoms with Gasteiger partial charge >= 0.3 is 0 Å². The van der Waals surface area contributed by atoms with Gasteiger partial charge in [-0.1, -0.05) is 47.7 Å². The van der Waals surface area contributed by atoms with Gasteiger partial charge in [-0.15, -0.1) is 11.8 Å². The van der Waals surface area contributed by atoms with Gasteiger partial charge in [0.25, 0.3) is 0 Å². The molecule has 5 rings (SSSR count). The summed E-state index contributed by atoms with van der Waals surface area (Å²) in [5.41, 5.74) is 6.53. The van der Waals surface area contributed by atoms with Gasteiger partial charge in [-0.3, -0.25) is 0 Å². The molecule has 0 unspecified atom stereocenters. The standard InChI is InChI=1S/C28H24N2OS2/c1-17-9-10-21(15-18(17)2)27-19(3)33-28(30-27)29-24-16-26(20-11-13-22(32-4)14-12-20)31-25-8-6-5-7-23(24)25/h5-16H,1-4H3/b29-24+. The van der Waals surface area contributed by atoms with E-state index < -0.39 is 0 Å². The zero-order chi connectivity index (χ0) is 22.9. The summed E-state index contributed by atoms with van der Waals surface area (Å²) < 4.78 is 6.24. The summed E-state index contributed by atoms with van der Waals surface area (Å²) in [6, 6.07) is 25.0. The average molecular weight is 469 g/mol. The number of thiazole rings is 1. The summed E-state index contributed by atoms with van der Waals surface area (Å²) >= 11 is 3.35. The van der Waals surface area contributed by atoms with Crippen LogP contribution in [0, 0.1) is 20.8 Å². The minimum Gasteiger partial charge on any atom is -0.456 e. The molecule has 0 amide bonds. The molecule has 3 nitrogen and oxygen atoms in total. The zero-order valence-corrected chi connectivity index (χ0v) is 20.7. The van der Waals surface area contributed by atoms with Crippen molar-refractivity contribution in [3.8, 4) is 22.6 Å². The Kier molecular flexibility index (Phi) is 5.92. The Bertz CT molecular complexity index is 1530. The summed E-state index contributed by atoms with van der Waals surface area (Å²) in [7, 11) is 0. The molecule has 0 aliphatic heterocycles. The largest absolute Gasteiger partial charge is 0.456 e. The Labute approximate surface area is 201 Å². The van der Waals surface area contributed by atoms with Crippen LogP contribution in [0.2, 0.25) is 0 Å². The second-order valence-corrected chi connectivity index (χ2v) is 10.1. The van der Waals surface area contributed by atoms with E-state index in [4.69, 9.17) is 14.4 Å². The Morgan fingerprint density at radius 2 is 1.61 bits per heavy atom. The molecule has 0 bridgehead atoms. The number of hydrogen-bond acceptors (Lipinski definition) is 5. The number of thioether (sulfide) groups is 1. The van der Waals surface area contributed by atoms with Crippen LogP contribution in [0.5, 0.6) is 0 Å². The van der Waals surface area contributed by atoms with Crippen molar-refractivity contribution in [3.05, 3.63) is 94.2 Å². The van der Waals surface area contributed by atoms with Crippen molar-refractivity contribution in [3.63, 3.8) is 0 Å². The van der Waals surface area contributed by atoms with Crippen LogP contribution < -0.4 is 5.36 Å². The number of para-hydroxylation sites is 1. The van der Waals surface area contributed by atoms with Crippen molar-refractivity contribution in [2.75, 3.05) is 6.26 Å². The highest BCUT2D eigenvalue weighted by atomic mass is 32.2. The predicted molar refractivity (Wildman–Crippen MR) is 140 cm³/mol. The maximum Gasteiger partial charge on any atom is 0.210 e. The smallest absolute Gasteiger partial charge is 0.210 e. The minimum atomic E-state index is 0.751.